The molecule has 1 aliphatic rings. The molecule has 0 aliphatic carbocycles. The van der Waals surface area contributed by atoms with Crippen LogP contribution in [0.1, 0.15) is 30.1 Å². The van der Waals surface area contributed by atoms with Crippen molar-refractivity contribution in [1.29, 1.82) is 0 Å². The molecule has 6 heteroatoms. The monoisotopic (exact) mass is 395 g/mol. The number of carbonyl (C=O) groups is 2. The number of nitrogens with one attached hydrogen (secondary N) is 1. The summed E-state index contributed by atoms with van der Waals surface area (Å²) in [5.41, 5.74) is 2.07. The van der Waals surface area contributed by atoms with E-state index in [0.29, 0.717) is 23.6 Å². The van der Waals surface area contributed by atoms with Crippen LogP contribution in [0.15, 0.2) is 47.8 Å². The van der Waals surface area contributed by atoms with Crippen LogP contribution in [0.4, 0.5) is 5.00 Å². The molecule has 0 unspecified atom stereocenters. The summed E-state index contributed by atoms with van der Waals surface area (Å²) < 4.78 is 10.7. The van der Waals surface area contributed by atoms with Gasteiger partial charge in [-0.1, -0.05) is 36.4 Å². The molecular weight excluding hydrogens is 374 g/mol. The second kappa shape index (κ2) is 8.12. The molecule has 28 heavy (non-hydrogen) atoms. The number of fused-ring (bicyclic) bond motifs is 1. The van der Waals surface area contributed by atoms with Gasteiger partial charge in [-0.25, -0.2) is 4.79 Å². The van der Waals surface area contributed by atoms with Crippen molar-refractivity contribution in [3.63, 3.8) is 0 Å². The maximum atomic E-state index is 12.7. The minimum Gasteiger partial charge on any atom is -0.462 e. The van der Waals surface area contributed by atoms with Gasteiger partial charge in [-0.15, -0.1) is 11.3 Å². The zero-order valence-corrected chi connectivity index (χ0v) is 16.4. The van der Waals surface area contributed by atoms with E-state index in [-0.39, 0.29) is 12.5 Å². The number of thiophene rings is 1. The van der Waals surface area contributed by atoms with Crippen LogP contribution in [0.25, 0.3) is 21.9 Å². The van der Waals surface area contributed by atoms with Gasteiger partial charge in [-0.05, 0) is 42.2 Å². The summed E-state index contributed by atoms with van der Waals surface area (Å²) in [7, 11) is 0. The quantitative estimate of drug-likeness (QED) is 0.627. The van der Waals surface area contributed by atoms with Crippen molar-refractivity contribution in [3.8, 4) is 11.1 Å². The van der Waals surface area contributed by atoms with Crippen LogP contribution in [-0.2, 0) is 14.3 Å². The average Bonchev–Trinajstić information content (AvgIpc) is 3.38. The molecule has 0 saturated carbocycles. The van der Waals surface area contributed by atoms with Crippen LogP contribution in [0.3, 0.4) is 0 Å². The van der Waals surface area contributed by atoms with Gasteiger partial charge in [0, 0.05) is 17.6 Å². The highest BCUT2D eigenvalue weighted by molar-refractivity contribution is 7.15. The van der Waals surface area contributed by atoms with Crippen LogP contribution in [0.5, 0.6) is 0 Å². The molecule has 0 bridgehead atoms. The van der Waals surface area contributed by atoms with Crippen molar-refractivity contribution >= 4 is 39.0 Å². The van der Waals surface area contributed by atoms with Crippen LogP contribution in [0, 0.1) is 0 Å². The molecule has 1 fully saturated rings. The maximum absolute atomic E-state index is 12.7. The molecule has 2 heterocycles. The van der Waals surface area contributed by atoms with E-state index < -0.39 is 12.1 Å². The first kappa shape index (κ1) is 18.7. The zero-order valence-electron chi connectivity index (χ0n) is 15.6. The SMILES string of the molecule is CCOC(=O)c1c(-c2ccc3ccccc3c2)csc1NC(=O)[C@@H]1CCCO1. The Bertz CT molecular complexity index is 1020. The number of esters is 1. The highest BCUT2D eigenvalue weighted by Gasteiger charge is 2.27. The van der Waals surface area contributed by atoms with Crippen molar-refractivity contribution in [1.82, 2.24) is 0 Å². The largest absolute Gasteiger partial charge is 0.462 e. The molecule has 0 spiro atoms. The minimum atomic E-state index is -0.457. The van der Waals surface area contributed by atoms with Gasteiger partial charge in [0.2, 0.25) is 0 Å². The lowest BCUT2D eigenvalue weighted by Gasteiger charge is -2.12. The Morgan fingerprint density at radius 3 is 2.79 bits per heavy atom. The number of amides is 1. The lowest BCUT2D eigenvalue weighted by atomic mass is 10.00. The fourth-order valence-electron chi connectivity index (χ4n) is 3.40. The first-order valence-corrected chi connectivity index (χ1v) is 10.3. The van der Waals surface area contributed by atoms with E-state index in [2.05, 4.69) is 5.32 Å². The Hall–Kier alpha value is -2.70. The fourth-order valence-corrected chi connectivity index (χ4v) is 4.36. The van der Waals surface area contributed by atoms with Crippen molar-refractivity contribution in [2.75, 3.05) is 18.5 Å². The van der Waals surface area contributed by atoms with Gasteiger partial charge in [0.25, 0.3) is 5.91 Å². The Morgan fingerprint density at radius 1 is 1.21 bits per heavy atom. The molecule has 5 nitrogen and oxygen atoms in total. The van der Waals surface area contributed by atoms with Crippen LogP contribution < -0.4 is 5.32 Å². The van der Waals surface area contributed by atoms with Crippen LogP contribution in [0.2, 0.25) is 0 Å². The predicted molar refractivity (Wildman–Crippen MR) is 111 cm³/mol. The molecule has 1 N–H and O–H groups in total. The number of hydrogen-bond acceptors (Lipinski definition) is 5. The minimum absolute atomic E-state index is 0.213. The van der Waals surface area contributed by atoms with Gasteiger partial charge < -0.3 is 14.8 Å². The zero-order chi connectivity index (χ0) is 19.5. The van der Waals surface area contributed by atoms with Gasteiger partial charge >= 0.3 is 5.97 Å². The van der Waals surface area contributed by atoms with Crippen molar-refractivity contribution in [2.24, 2.45) is 0 Å². The van der Waals surface area contributed by atoms with E-state index in [9.17, 15) is 9.59 Å². The molecule has 4 rings (SSSR count). The van der Waals surface area contributed by atoms with Gasteiger partial charge in [0.15, 0.2) is 0 Å². The summed E-state index contributed by atoms with van der Waals surface area (Å²) in [6.07, 6.45) is 1.11. The molecule has 1 amide bonds. The predicted octanol–water partition coefficient (Wildman–Crippen LogP) is 4.86. The average molecular weight is 395 g/mol. The standard InChI is InChI=1S/C22H21NO4S/c1-2-26-22(25)19-17(16-10-9-14-6-3-4-7-15(14)12-16)13-28-21(19)23-20(24)18-8-5-11-27-18/h3-4,6-7,9-10,12-13,18H,2,5,8,11H2,1H3,(H,23,24)/t18-/m0/s1. The molecule has 2 aromatic carbocycles. The van der Waals surface area contributed by atoms with E-state index in [0.717, 1.165) is 28.3 Å². The number of hydrogen-bond donors (Lipinski definition) is 1. The fraction of sp³-hybridized carbons (Fsp3) is 0.273. The maximum Gasteiger partial charge on any atom is 0.341 e. The lowest BCUT2D eigenvalue weighted by Crippen LogP contribution is -2.27. The van der Waals surface area contributed by atoms with Crippen molar-refractivity contribution < 1.29 is 19.1 Å². The van der Waals surface area contributed by atoms with Gasteiger partial charge in [0.1, 0.15) is 16.7 Å². The summed E-state index contributed by atoms with van der Waals surface area (Å²) >= 11 is 1.33. The molecule has 144 valence electrons. The number of rotatable bonds is 5. The number of anilines is 1. The summed E-state index contributed by atoms with van der Waals surface area (Å²) in [5, 5.41) is 7.48. The third-order valence-electron chi connectivity index (χ3n) is 4.79. The van der Waals surface area contributed by atoms with E-state index in [4.69, 9.17) is 9.47 Å². The van der Waals surface area contributed by atoms with Gasteiger partial charge in [-0.2, -0.15) is 0 Å². The molecule has 1 aliphatic heterocycles. The Labute approximate surface area is 167 Å². The van der Waals surface area contributed by atoms with Gasteiger partial charge in [-0.3, -0.25) is 4.79 Å². The number of carbonyl (C=O) groups excluding carboxylic acids is 2. The van der Waals surface area contributed by atoms with Gasteiger partial charge in [0.05, 0.1) is 6.61 Å². The normalized spacial score (nSPS) is 16.2. The van der Waals surface area contributed by atoms with Crippen molar-refractivity contribution in [2.45, 2.75) is 25.9 Å². The van der Waals surface area contributed by atoms with E-state index in [1.165, 1.54) is 11.3 Å². The lowest BCUT2D eigenvalue weighted by molar-refractivity contribution is -0.124. The second-order valence-corrected chi connectivity index (χ2v) is 7.51. The summed E-state index contributed by atoms with van der Waals surface area (Å²) in [4.78, 5) is 25.2. The summed E-state index contributed by atoms with van der Waals surface area (Å²) in [6, 6.07) is 14.1. The van der Waals surface area contributed by atoms with E-state index >= 15 is 0 Å². The Kier molecular flexibility index (Phi) is 5.41. The summed E-state index contributed by atoms with van der Waals surface area (Å²) in [6.45, 7) is 2.63. The smallest absolute Gasteiger partial charge is 0.341 e. The van der Waals surface area contributed by atoms with E-state index in [1.807, 2.05) is 47.8 Å². The number of ether oxygens (including phenoxy) is 2. The highest BCUT2D eigenvalue weighted by atomic mass is 32.1. The molecule has 1 aromatic heterocycles. The van der Waals surface area contributed by atoms with Crippen LogP contribution in [-0.4, -0.2) is 31.2 Å². The van der Waals surface area contributed by atoms with Crippen molar-refractivity contribution in [3.05, 3.63) is 53.4 Å². The topological polar surface area (TPSA) is 64.6 Å². The third kappa shape index (κ3) is 3.66. The molecule has 0 radical (unpaired) electrons. The molecular formula is C22H21NO4S. The summed E-state index contributed by atoms with van der Waals surface area (Å²) in [5.74, 6) is -0.649. The Balaban J connectivity index is 1.72. The molecule has 1 saturated heterocycles. The van der Waals surface area contributed by atoms with E-state index in [1.54, 1.807) is 6.92 Å². The van der Waals surface area contributed by atoms with Crippen LogP contribution >= 0.6 is 11.3 Å². The first-order valence-electron chi connectivity index (χ1n) is 9.37. The highest BCUT2D eigenvalue weighted by Crippen LogP contribution is 2.37. The first-order chi connectivity index (χ1) is 13.7. The molecule has 1 atom stereocenters. The molecule has 3 aromatic rings. The third-order valence-corrected chi connectivity index (χ3v) is 5.69. The second-order valence-electron chi connectivity index (χ2n) is 6.63. The number of benzene rings is 2. The Morgan fingerprint density at radius 2 is 2.04 bits per heavy atom.